The second-order valence-electron chi connectivity index (χ2n) is 3.90. The molecule has 2 nitrogen and oxygen atoms in total. The van der Waals surface area contributed by atoms with Gasteiger partial charge in [0.25, 0.3) is 0 Å². The van der Waals surface area contributed by atoms with E-state index in [9.17, 15) is 4.21 Å². The molecular formula is C10H14ClNOS2. The molecule has 1 saturated heterocycles. The quantitative estimate of drug-likeness (QED) is 0.844. The van der Waals surface area contributed by atoms with E-state index in [2.05, 4.69) is 17.6 Å². The molecule has 1 aromatic heterocycles. The van der Waals surface area contributed by atoms with Crippen LogP contribution in [0.4, 0.5) is 0 Å². The molecule has 0 spiro atoms. The Morgan fingerprint density at radius 2 is 2.47 bits per heavy atom. The second kappa shape index (κ2) is 4.95. The molecule has 2 heterocycles. The van der Waals surface area contributed by atoms with Crippen molar-refractivity contribution in [1.82, 2.24) is 5.32 Å². The van der Waals surface area contributed by atoms with Crippen molar-refractivity contribution < 1.29 is 4.21 Å². The van der Waals surface area contributed by atoms with Crippen molar-refractivity contribution in [3.63, 3.8) is 0 Å². The Morgan fingerprint density at radius 1 is 1.67 bits per heavy atom. The number of hydrogen-bond donors (Lipinski definition) is 1. The van der Waals surface area contributed by atoms with Crippen molar-refractivity contribution in [2.24, 2.45) is 0 Å². The summed E-state index contributed by atoms with van der Waals surface area (Å²) in [5.41, 5.74) is 1.17. The fraction of sp³-hybridized carbons (Fsp3) is 0.600. The zero-order chi connectivity index (χ0) is 10.8. The molecule has 5 heteroatoms. The fourth-order valence-corrected chi connectivity index (χ4v) is 4.14. The summed E-state index contributed by atoms with van der Waals surface area (Å²) in [7, 11) is -0.701. The first-order valence-electron chi connectivity index (χ1n) is 5.00. The van der Waals surface area contributed by atoms with E-state index in [0.717, 1.165) is 16.5 Å². The summed E-state index contributed by atoms with van der Waals surface area (Å²) in [5.74, 6) is 1.51. The van der Waals surface area contributed by atoms with Crippen LogP contribution in [0, 0.1) is 0 Å². The Balaban J connectivity index is 2.16. The van der Waals surface area contributed by atoms with Gasteiger partial charge in [-0.15, -0.1) is 11.3 Å². The lowest BCUT2D eigenvalue weighted by molar-refractivity contribution is 0.485. The van der Waals surface area contributed by atoms with Crippen LogP contribution in [-0.4, -0.2) is 21.8 Å². The molecule has 15 heavy (non-hydrogen) atoms. The van der Waals surface area contributed by atoms with Crippen LogP contribution < -0.4 is 5.32 Å². The van der Waals surface area contributed by atoms with Crippen molar-refractivity contribution in [3.8, 4) is 0 Å². The monoisotopic (exact) mass is 263 g/mol. The maximum Gasteiger partial charge on any atom is 0.0931 e. The van der Waals surface area contributed by atoms with E-state index in [-0.39, 0.29) is 6.04 Å². The summed E-state index contributed by atoms with van der Waals surface area (Å²) in [6, 6.07) is 2.60. The lowest BCUT2D eigenvalue weighted by Gasteiger charge is -2.17. The number of nitrogens with one attached hydrogen (secondary N) is 1. The van der Waals surface area contributed by atoms with E-state index in [4.69, 9.17) is 11.6 Å². The normalized spacial score (nSPS) is 32.5. The molecule has 3 unspecified atom stereocenters. The van der Waals surface area contributed by atoms with Crippen LogP contribution in [0.3, 0.4) is 0 Å². The standard InChI is InChI=1S/C10H14ClNOS2/c1-7-2-3-15(13)6-9(12-7)8-4-10(11)14-5-8/h4-5,7,9,12H,2-3,6H2,1H3. The Labute approximate surface area is 101 Å². The van der Waals surface area contributed by atoms with Gasteiger partial charge in [-0.3, -0.25) is 4.21 Å². The van der Waals surface area contributed by atoms with Crippen LogP contribution in [0.15, 0.2) is 11.4 Å². The lowest BCUT2D eigenvalue weighted by Crippen LogP contribution is -2.30. The number of thiophene rings is 1. The minimum absolute atomic E-state index is 0.201. The smallest absolute Gasteiger partial charge is 0.0931 e. The van der Waals surface area contributed by atoms with E-state index in [1.54, 1.807) is 0 Å². The average Bonchev–Trinajstić information content (AvgIpc) is 2.53. The molecular weight excluding hydrogens is 250 g/mol. The number of hydrogen-bond acceptors (Lipinski definition) is 3. The van der Waals surface area contributed by atoms with Crippen molar-refractivity contribution in [3.05, 3.63) is 21.3 Å². The Morgan fingerprint density at radius 3 is 3.13 bits per heavy atom. The van der Waals surface area contributed by atoms with E-state index in [1.165, 1.54) is 16.9 Å². The molecule has 1 aliphatic heterocycles. The van der Waals surface area contributed by atoms with Crippen molar-refractivity contribution in [2.75, 3.05) is 11.5 Å². The van der Waals surface area contributed by atoms with Gasteiger partial charge in [0.05, 0.1) is 4.34 Å². The highest BCUT2D eigenvalue weighted by molar-refractivity contribution is 7.85. The molecule has 1 aromatic rings. The highest BCUT2D eigenvalue weighted by Crippen LogP contribution is 2.27. The highest BCUT2D eigenvalue weighted by Gasteiger charge is 2.22. The number of rotatable bonds is 1. The summed E-state index contributed by atoms with van der Waals surface area (Å²) in [6.07, 6.45) is 0.987. The molecule has 0 aliphatic carbocycles. The van der Waals surface area contributed by atoms with Crippen LogP contribution in [0.2, 0.25) is 4.34 Å². The third-order valence-corrected chi connectivity index (χ3v) is 5.11. The molecule has 2 rings (SSSR count). The molecule has 3 atom stereocenters. The topological polar surface area (TPSA) is 29.1 Å². The van der Waals surface area contributed by atoms with Gasteiger partial charge in [-0.2, -0.15) is 0 Å². The van der Waals surface area contributed by atoms with Gasteiger partial charge in [-0.1, -0.05) is 11.6 Å². The van der Waals surface area contributed by atoms with E-state index < -0.39 is 10.8 Å². The van der Waals surface area contributed by atoms with E-state index in [0.29, 0.717) is 11.8 Å². The van der Waals surface area contributed by atoms with Gasteiger partial charge in [-0.05, 0) is 30.4 Å². The Hall–Kier alpha value is 0.1000. The molecule has 1 aliphatic rings. The molecule has 84 valence electrons. The summed E-state index contributed by atoms with van der Waals surface area (Å²) in [5, 5.41) is 5.54. The third-order valence-electron chi connectivity index (χ3n) is 2.61. The van der Waals surface area contributed by atoms with Gasteiger partial charge in [0.1, 0.15) is 0 Å². The minimum Gasteiger partial charge on any atom is -0.307 e. The van der Waals surface area contributed by atoms with E-state index in [1.807, 2.05) is 6.07 Å². The van der Waals surface area contributed by atoms with E-state index >= 15 is 0 Å². The molecule has 1 N–H and O–H groups in total. The first-order chi connectivity index (χ1) is 7.15. The molecule has 0 bridgehead atoms. The first kappa shape index (κ1) is 11.6. The van der Waals surface area contributed by atoms with Crippen LogP contribution in [0.5, 0.6) is 0 Å². The Kier molecular flexibility index (Phi) is 3.83. The van der Waals surface area contributed by atoms with Crippen LogP contribution >= 0.6 is 22.9 Å². The average molecular weight is 264 g/mol. The molecule has 0 radical (unpaired) electrons. The molecule has 0 amide bonds. The summed E-state index contributed by atoms with van der Waals surface area (Å²) < 4.78 is 12.5. The second-order valence-corrected chi connectivity index (χ2v) is 7.07. The van der Waals surface area contributed by atoms with Crippen molar-refractivity contribution in [1.29, 1.82) is 0 Å². The first-order valence-corrected chi connectivity index (χ1v) is 7.74. The van der Waals surface area contributed by atoms with Crippen LogP contribution in [-0.2, 0) is 10.8 Å². The van der Waals surface area contributed by atoms with Crippen molar-refractivity contribution in [2.45, 2.75) is 25.4 Å². The highest BCUT2D eigenvalue weighted by atomic mass is 35.5. The maximum atomic E-state index is 11.7. The SMILES string of the molecule is CC1CCS(=O)CC(c2csc(Cl)c2)N1. The van der Waals surface area contributed by atoms with Crippen LogP contribution in [0.1, 0.15) is 24.9 Å². The predicted octanol–water partition coefficient (Wildman–Crippen LogP) is 2.57. The molecule has 0 saturated carbocycles. The summed E-state index contributed by atoms with van der Waals surface area (Å²) >= 11 is 7.44. The Bertz CT molecular complexity index is 366. The predicted molar refractivity (Wildman–Crippen MR) is 67.2 cm³/mol. The third kappa shape index (κ3) is 3.03. The van der Waals surface area contributed by atoms with Crippen molar-refractivity contribution >= 4 is 33.7 Å². The lowest BCUT2D eigenvalue weighted by atomic mass is 10.1. The molecule has 1 fully saturated rings. The zero-order valence-corrected chi connectivity index (χ0v) is 10.9. The summed E-state index contributed by atoms with van der Waals surface area (Å²) in [4.78, 5) is 0. The maximum absolute atomic E-state index is 11.7. The fourth-order valence-electron chi connectivity index (χ4n) is 1.75. The van der Waals surface area contributed by atoms with Gasteiger partial charge in [-0.25, -0.2) is 0 Å². The zero-order valence-electron chi connectivity index (χ0n) is 8.53. The van der Waals surface area contributed by atoms with Gasteiger partial charge >= 0.3 is 0 Å². The van der Waals surface area contributed by atoms with Crippen LogP contribution in [0.25, 0.3) is 0 Å². The van der Waals surface area contributed by atoms with Gasteiger partial charge in [0.15, 0.2) is 0 Å². The largest absolute Gasteiger partial charge is 0.307 e. The van der Waals surface area contributed by atoms with Gasteiger partial charge in [0, 0.05) is 34.4 Å². The number of halogens is 1. The van der Waals surface area contributed by atoms with Gasteiger partial charge in [0.2, 0.25) is 0 Å². The summed E-state index contributed by atoms with van der Waals surface area (Å²) in [6.45, 7) is 2.14. The molecule has 0 aromatic carbocycles. The van der Waals surface area contributed by atoms with Gasteiger partial charge < -0.3 is 5.32 Å². The minimum atomic E-state index is -0.701.